The molecule has 0 fully saturated rings. The van der Waals surface area contributed by atoms with E-state index in [4.69, 9.17) is 17.3 Å². The van der Waals surface area contributed by atoms with Crippen LogP contribution in [0.15, 0.2) is 17.8 Å². The minimum atomic E-state index is 0.319. The lowest BCUT2D eigenvalue weighted by Crippen LogP contribution is -1.99. The van der Waals surface area contributed by atoms with E-state index in [1.54, 1.807) is 0 Å². The van der Waals surface area contributed by atoms with E-state index in [0.717, 1.165) is 5.56 Å². The second-order valence-corrected chi connectivity index (χ2v) is 5.73. The lowest BCUT2D eigenvalue weighted by Gasteiger charge is -2.16. The highest BCUT2D eigenvalue weighted by Crippen LogP contribution is 2.45. The van der Waals surface area contributed by atoms with Gasteiger partial charge in [0.1, 0.15) is 0 Å². The van der Waals surface area contributed by atoms with Gasteiger partial charge in [-0.2, -0.15) is 0 Å². The average molecular weight is 262 g/mol. The van der Waals surface area contributed by atoms with Gasteiger partial charge in [0.15, 0.2) is 0 Å². The van der Waals surface area contributed by atoms with Crippen molar-refractivity contribution in [3.8, 4) is 0 Å². The van der Waals surface area contributed by atoms with Gasteiger partial charge in [0.2, 0.25) is 0 Å². The van der Waals surface area contributed by atoms with Crippen molar-refractivity contribution in [3.63, 3.8) is 0 Å². The van der Waals surface area contributed by atoms with Crippen LogP contribution in [0.4, 0.5) is 0 Å². The molecule has 1 aliphatic carbocycles. The molecule has 2 unspecified atom stereocenters. The number of hydrogen-bond donors (Lipinski definition) is 1. The van der Waals surface area contributed by atoms with Crippen molar-refractivity contribution in [1.29, 1.82) is 0 Å². The number of rotatable bonds is 2. The van der Waals surface area contributed by atoms with Crippen molar-refractivity contribution >= 4 is 23.8 Å². The van der Waals surface area contributed by atoms with Crippen LogP contribution in [0.1, 0.15) is 59.9 Å². The Balaban J connectivity index is 2.75. The van der Waals surface area contributed by atoms with Crippen LogP contribution in [-0.2, 0) is 0 Å². The molecule has 0 spiro atoms. The normalized spacial score (nSPS) is 23.0. The van der Waals surface area contributed by atoms with Gasteiger partial charge in [-0.15, -0.1) is 0 Å². The molecule has 18 heavy (non-hydrogen) atoms. The Labute approximate surface area is 114 Å². The summed E-state index contributed by atoms with van der Waals surface area (Å²) in [7, 11) is 0. The van der Waals surface area contributed by atoms with E-state index >= 15 is 0 Å². The van der Waals surface area contributed by atoms with Crippen LogP contribution in [0, 0.1) is 6.92 Å². The lowest BCUT2D eigenvalue weighted by atomic mass is 9.89. The van der Waals surface area contributed by atoms with E-state index in [2.05, 4.69) is 33.4 Å². The predicted molar refractivity (Wildman–Crippen MR) is 80.7 cm³/mol. The minimum Gasteiger partial charge on any atom is -0.389 e. The second-order valence-electron chi connectivity index (χ2n) is 5.29. The van der Waals surface area contributed by atoms with Crippen LogP contribution in [0.25, 0.3) is 12.2 Å². The van der Waals surface area contributed by atoms with Crippen molar-refractivity contribution in [3.05, 3.63) is 45.6 Å². The van der Waals surface area contributed by atoms with Crippen molar-refractivity contribution in [2.45, 2.75) is 39.0 Å². The van der Waals surface area contributed by atoms with Gasteiger partial charge in [0.25, 0.3) is 0 Å². The molecule has 2 atom stereocenters. The smallest absolute Gasteiger partial charge is 0.0998 e. The first kappa shape index (κ1) is 13.2. The average Bonchev–Trinajstić information content (AvgIpc) is 2.55. The summed E-state index contributed by atoms with van der Waals surface area (Å²) in [5.41, 5.74) is 12.0. The van der Waals surface area contributed by atoms with Gasteiger partial charge in [-0.1, -0.05) is 44.2 Å². The molecule has 1 aromatic carbocycles. The van der Waals surface area contributed by atoms with Crippen molar-refractivity contribution in [2.24, 2.45) is 5.73 Å². The van der Waals surface area contributed by atoms with Crippen molar-refractivity contribution in [1.82, 2.24) is 0 Å². The summed E-state index contributed by atoms with van der Waals surface area (Å²) in [5, 5.41) is 0.319. The molecule has 2 heteroatoms. The van der Waals surface area contributed by atoms with Crippen LogP contribution in [0.2, 0.25) is 0 Å². The van der Waals surface area contributed by atoms with Crippen LogP contribution < -0.4 is 5.73 Å². The Kier molecular flexibility index (Phi) is 3.54. The Morgan fingerprint density at radius 1 is 1.39 bits per heavy atom. The summed E-state index contributed by atoms with van der Waals surface area (Å²) in [4.78, 5) is 0. The fourth-order valence-electron chi connectivity index (χ4n) is 3.18. The van der Waals surface area contributed by atoms with E-state index < -0.39 is 0 Å². The molecule has 96 valence electrons. The standard InChI is InChI=1S/C16H20ClN/c1-5-12-13(8-15(17)18)10(3)7-14-9(2)6-11(4)16(12)14/h5,7-9,11H,1,6,18H2,2-4H3/b15-8-. The van der Waals surface area contributed by atoms with Crippen molar-refractivity contribution < 1.29 is 0 Å². The zero-order valence-corrected chi connectivity index (χ0v) is 12.0. The quantitative estimate of drug-likeness (QED) is 0.765. The summed E-state index contributed by atoms with van der Waals surface area (Å²) in [6.07, 6.45) is 4.98. The number of benzene rings is 1. The maximum absolute atomic E-state index is 5.83. The lowest BCUT2D eigenvalue weighted by molar-refractivity contribution is 0.661. The summed E-state index contributed by atoms with van der Waals surface area (Å²) in [6.45, 7) is 10.6. The molecular formula is C16H20ClN. The maximum Gasteiger partial charge on any atom is 0.0998 e. The second kappa shape index (κ2) is 4.81. The van der Waals surface area contributed by atoms with Gasteiger partial charge in [-0.3, -0.25) is 0 Å². The van der Waals surface area contributed by atoms with Gasteiger partial charge in [0, 0.05) is 0 Å². The molecule has 2 N–H and O–H groups in total. The summed E-state index contributed by atoms with van der Waals surface area (Å²) in [5.74, 6) is 1.20. The van der Waals surface area contributed by atoms with Crippen LogP contribution in [0.3, 0.4) is 0 Å². The van der Waals surface area contributed by atoms with Gasteiger partial charge >= 0.3 is 0 Å². The molecule has 1 nitrogen and oxygen atoms in total. The molecular weight excluding hydrogens is 242 g/mol. The first-order valence-corrected chi connectivity index (χ1v) is 6.76. The fourth-order valence-corrected chi connectivity index (χ4v) is 3.29. The summed E-state index contributed by atoms with van der Waals surface area (Å²) in [6, 6.07) is 2.28. The van der Waals surface area contributed by atoms with E-state index in [9.17, 15) is 0 Å². The van der Waals surface area contributed by atoms with E-state index in [0.29, 0.717) is 17.0 Å². The van der Waals surface area contributed by atoms with Crippen LogP contribution >= 0.6 is 11.6 Å². The van der Waals surface area contributed by atoms with E-state index in [-0.39, 0.29) is 0 Å². The molecule has 2 rings (SSSR count). The zero-order valence-electron chi connectivity index (χ0n) is 11.3. The molecule has 1 aromatic rings. The molecule has 0 bridgehead atoms. The molecule has 0 saturated heterocycles. The topological polar surface area (TPSA) is 26.0 Å². The minimum absolute atomic E-state index is 0.319. The number of nitrogens with two attached hydrogens (primary N) is 1. The first-order valence-electron chi connectivity index (χ1n) is 6.38. The molecule has 0 radical (unpaired) electrons. The number of hydrogen-bond acceptors (Lipinski definition) is 1. The van der Waals surface area contributed by atoms with Crippen molar-refractivity contribution in [2.75, 3.05) is 0 Å². The predicted octanol–water partition coefficient (Wildman–Crippen LogP) is 4.74. The monoisotopic (exact) mass is 261 g/mol. The largest absolute Gasteiger partial charge is 0.389 e. The molecule has 0 amide bonds. The zero-order chi connectivity index (χ0) is 13.4. The maximum atomic E-state index is 5.83. The molecule has 0 saturated carbocycles. The highest BCUT2D eigenvalue weighted by molar-refractivity contribution is 6.31. The van der Waals surface area contributed by atoms with Gasteiger partial charge in [0.05, 0.1) is 5.16 Å². The SMILES string of the molecule is C=Cc1c(/C=C(\N)Cl)c(C)cc2c1C(C)CC2C. The highest BCUT2D eigenvalue weighted by atomic mass is 35.5. The van der Waals surface area contributed by atoms with Crippen LogP contribution in [0.5, 0.6) is 0 Å². The Morgan fingerprint density at radius 2 is 2.06 bits per heavy atom. The Hall–Kier alpha value is -1.21. The molecule has 0 aromatic heterocycles. The number of aryl methyl sites for hydroxylation is 1. The van der Waals surface area contributed by atoms with Gasteiger partial charge in [-0.05, 0) is 59.1 Å². The summed E-state index contributed by atoms with van der Waals surface area (Å²) < 4.78 is 0. The van der Waals surface area contributed by atoms with Gasteiger partial charge in [-0.25, -0.2) is 0 Å². The third-order valence-electron chi connectivity index (χ3n) is 3.91. The molecule has 0 aliphatic heterocycles. The Morgan fingerprint density at radius 3 is 2.61 bits per heavy atom. The Bertz CT molecular complexity index is 524. The molecule has 0 heterocycles. The van der Waals surface area contributed by atoms with E-state index in [1.165, 1.54) is 28.7 Å². The van der Waals surface area contributed by atoms with Crippen LogP contribution in [-0.4, -0.2) is 0 Å². The third-order valence-corrected chi connectivity index (χ3v) is 4.01. The number of halogens is 1. The van der Waals surface area contributed by atoms with E-state index in [1.807, 2.05) is 12.2 Å². The summed E-state index contributed by atoms with van der Waals surface area (Å²) >= 11 is 5.83. The third kappa shape index (κ3) is 2.08. The molecule has 1 aliphatic rings. The van der Waals surface area contributed by atoms with Gasteiger partial charge < -0.3 is 5.73 Å². The highest BCUT2D eigenvalue weighted by Gasteiger charge is 2.28. The number of fused-ring (bicyclic) bond motifs is 1. The fraction of sp³-hybridized carbons (Fsp3) is 0.375. The first-order chi connectivity index (χ1) is 8.45.